The Hall–Kier alpha value is -1.33. The average Bonchev–Trinajstić information content (AvgIpc) is 2.47. The second-order valence-electron chi connectivity index (χ2n) is 4.23. The topological polar surface area (TPSA) is 9.23 Å². The van der Waals surface area contributed by atoms with E-state index in [1.165, 1.54) is 12.1 Å². The molecule has 0 aromatic heterocycles. The minimum Gasteiger partial charge on any atom is -0.457 e. The molecular weight excluding hydrogens is 321 g/mol. The Morgan fingerprint density at radius 3 is 2.19 bits per heavy atom. The minimum atomic E-state index is -4.45. The second-order valence-corrected chi connectivity index (χ2v) is 5.37. The van der Waals surface area contributed by atoms with Gasteiger partial charge in [0.05, 0.1) is 5.56 Å². The summed E-state index contributed by atoms with van der Waals surface area (Å²) in [6, 6.07) is 10.9. The van der Waals surface area contributed by atoms with E-state index in [1.54, 1.807) is 23.9 Å². The van der Waals surface area contributed by atoms with E-state index in [2.05, 4.69) is 0 Å². The van der Waals surface area contributed by atoms with Gasteiger partial charge in [0.25, 0.3) is 0 Å². The Labute approximate surface area is 130 Å². The molecular formula is C15H12ClF3OS. The van der Waals surface area contributed by atoms with Crippen LogP contribution in [0.1, 0.15) is 11.1 Å². The summed E-state index contributed by atoms with van der Waals surface area (Å²) in [5.74, 6) is 0.421. The fourth-order valence-corrected chi connectivity index (χ4v) is 2.42. The molecule has 0 aliphatic carbocycles. The molecule has 0 saturated carbocycles. The molecule has 0 aliphatic rings. The number of rotatable bonds is 4. The summed E-state index contributed by atoms with van der Waals surface area (Å²) in [5.41, 5.74) is -0.731. The fraction of sp³-hybridized carbons (Fsp3) is 0.200. The lowest BCUT2D eigenvalue weighted by Gasteiger charge is -2.13. The first kappa shape index (κ1) is 16.0. The highest BCUT2D eigenvalue weighted by molar-refractivity contribution is 7.98. The number of alkyl halides is 4. The predicted octanol–water partition coefficient (Wildman–Crippen LogP) is 5.96. The van der Waals surface area contributed by atoms with Crippen molar-refractivity contribution in [1.82, 2.24) is 0 Å². The van der Waals surface area contributed by atoms with E-state index in [4.69, 9.17) is 16.3 Å². The van der Waals surface area contributed by atoms with Crippen LogP contribution in [0.2, 0.25) is 0 Å². The molecule has 2 aromatic carbocycles. The van der Waals surface area contributed by atoms with Crippen LogP contribution in [0.25, 0.3) is 0 Å². The van der Waals surface area contributed by atoms with Gasteiger partial charge in [0.1, 0.15) is 11.5 Å². The van der Waals surface area contributed by atoms with Gasteiger partial charge in [-0.25, -0.2) is 0 Å². The summed E-state index contributed by atoms with van der Waals surface area (Å²) in [7, 11) is 0. The molecule has 6 heteroatoms. The summed E-state index contributed by atoms with van der Waals surface area (Å²) >= 11 is 7.12. The van der Waals surface area contributed by atoms with Crippen LogP contribution >= 0.6 is 23.4 Å². The molecule has 0 amide bonds. The molecule has 0 radical (unpaired) electrons. The van der Waals surface area contributed by atoms with E-state index in [9.17, 15) is 13.2 Å². The van der Waals surface area contributed by atoms with Gasteiger partial charge in [0.2, 0.25) is 0 Å². The van der Waals surface area contributed by atoms with Crippen molar-refractivity contribution < 1.29 is 17.9 Å². The lowest BCUT2D eigenvalue weighted by atomic mass is 10.1. The maximum absolute atomic E-state index is 12.9. The van der Waals surface area contributed by atoms with Crippen molar-refractivity contribution >= 4 is 23.4 Å². The lowest BCUT2D eigenvalue weighted by Crippen LogP contribution is -2.08. The van der Waals surface area contributed by atoms with Crippen LogP contribution in [0, 0.1) is 0 Å². The molecule has 0 saturated heterocycles. The number of hydrogen-bond donors (Lipinski definition) is 0. The van der Waals surface area contributed by atoms with Crippen LogP contribution in [0.15, 0.2) is 47.4 Å². The smallest absolute Gasteiger partial charge is 0.416 e. The fourth-order valence-electron chi connectivity index (χ4n) is 1.78. The third-order valence-corrected chi connectivity index (χ3v) is 3.86. The largest absolute Gasteiger partial charge is 0.457 e. The highest BCUT2D eigenvalue weighted by atomic mass is 35.5. The van der Waals surface area contributed by atoms with Gasteiger partial charge in [0.15, 0.2) is 0 Å². The van der Waals surface area contributed by atoms with Crippen molar-refractivity contribution in [3.63, 3.8) is 0 Å². The first-order chi connectivity index (χ1) is 9.94. The van der Waals surface area contributed by atoms with Gasteiger partial charge in [-0.15, -0.1) is 23.4 Å². The summed E-state index contributed by atoms with van der Waals surface area (Å²) in [6.45, 7) is 0. The van der Waals surface area contributed by atoms with Crippen molar-refractivity contribution in [2.75, 3.05) is 6.26 Å². The second kappa shape index (κ2) is 6.62. The normalized spacial score (nSPS) is 11.5. The van der Waals surface area contributed by atoms with Crippen molar-refractivity contribution in [2.45, 2.75) is 17.0 Å². The molecule has 1 nitrogen and oxygen atoms in total. The molecule has 2 rings (SSSR count). The number of thioether (sulfide) groups is 1. The number of benzene rings is 2. The van der Waals surface area contributed by atoms with Crippen molar-refractivity contribution in [1.29, 1.82) is 0 Å². The first-order valence-corrected chi connectivity index (χ1v) is 7.78. The third kappa shape index (κ3) is 4.08. The summed E-state index contributed by atoms with van der Waals surface area (Å²) < 4.78 is 44.3. The van der Waals surface area contributed by atoms with Crippen molar-refractivity contribution in [2.24, 2.45) is 0 Å². The predicted molar refractivity (Wildman–Crippen MR) is 79.3 cm³/mol. The Morgan fingerprint density at radius 2 is 1.67 bits per heavy atom. The Kier molecular flexibility index (Phi) is 5.06. The molecule has 0 aliphatic heterocycles. The molecule has 0 atom stereocenters. The number of ether oxygens (including phenoxy) is 1. The van der Waals surface area contributed by atoms with E-state index in [-0.39, 0.29) is 17.2 Å². The van der Waals surface area contributed by atoms with E-state index >= 15 is 0 Å². The van der Waals surface area contributed by atoms with Crippen molar-refractivity contribution in [3.05, 3.63) is 53.6 Å². The van der Waals surface area contributed by atoms with Gasteiger partial charge >= 0.3 is 6.18 Å². The van der Waals surface area contributed by atoms with Gasteiger partial charge in [0, 0.05) is 10.8 Å². The minimum absolute atomic E-state index is 0.0363. The Morgan fingerprint density at radius 1 is 1.05 bits per heavy atom. The SMILES string of the molecule is CSc1ccc(Oc2ccc(CCl)c(C(F)(F)F)c2)cc1. The molecule has 0 unspecified atom stereocenters. The quantitative estimate of drug-likeness (QED) is 0.504. The van der Waals surface area contributed by atoms with Gasteiger partial charge in [-0.05, 0) is 48.2 Å². The zero-order chi connectivity index (χ0) is 15.5. The van der Waals surface area contributed by atoms with Crippen LogP contribution < -0.4 is 4.74 Å². The van der Waals surface area contributed by atoms with E-state index < -0.39 is 11.7 Å². The van der Waals surface area contributed by atoms with E-state index in [0.29, 0.717) is 5.75 Å². The molecule has 0 N–H and O–H groups in total. The maximum atomic E-state index is 12.9. The van der Waals surface area contributed by atoms with Crippen molar-refractivity contribution in [3.8, 4) is 11.5 Å². The van der Waals surface area contributed by atoms with E-state index in [0.717, 1.165) is 11.0 Å². The van der Waals surface area contributed by atoms with Crippen LogP contribution in [0.4, 0.5) is 13.2 Å². The zero-order valence-corrected chi connectivity index (χ0v) is 12.6. The Balaban J connectivity index is 2.27. The van der Waals surface area contributed by atoms with Crippen LogP contribution in [0.3, 0.4) is 0 Å². The number of halogens is 4. The van der Waals surface area contributed by atoms with E-state index in [1.807, 2.05) is 18.4 Å². The molecule has 0 spiro atoms. The van der Waals surface area contributed by atoms with Crippen LogP contribution in [-0.4, -0.2) is 6.26 Å². The maximum Gasteiger partial charge on any atom is 0.416 e. The summed E-state index contributed by atoms with van der Waals surface area (Å²) in [4.78, 5) is 1.05. The van der Waals surface area contributed by atoms with Crippen LogP contribution in [-0.2, 0) is 12.1 Å². The van der Waals surface area contributed by atoms with Gasteiger partial charge in [-0.3, -0.25) is 0 Å². The molecule has 2 aromatic rings. The van der Waals surface area contributed by atoms with Gasteiger partial charge in [-0.1, -0.05) is 6.07 Å². The van der Waals surface area contributed by atoms with Gasteiger partial charge in [-0.2, -0.15) is 13.2 Å². The Bertz CT molecular complexity index is 611. The number of hydrogen-bond acceptors (Lipinski definition) is 2. The highest BCUT2D eigenvalue weighted by Crippen LogP contribution is 2.36. The monoisotopic (exact) mass is 332 g/mol. The summed E-state index contributed by atoms with van der Waals surface area (Å²) in [5, 5.41) is 0. The summed E-state index contributed by atoms with van der Waals surface area (Å²) in [6.07, 6.45) is -2.51. The molecule has 0 fully saturated rings. The highest BCUT2D eigenvalue weighted by Gasteiger charge is 2.33. The lowest BCUT2D eigenvalue weighted by molar-refractivity contribution is -0.138. The standard InChI is InChI=1S/C15H12ClF3OS/c1-21-13-6-4-11(5-7-13)20-12-3-2-10(9-16)14(8-12)15(17,18)19/h2-8H,9H2,1H3. The molecule has 112 valence electrons. The average molecular weight is 333 g/mol. The van der Waals surface area contributed by atoms with Gasteiger partial charge < -0.3 is 4.74 Å². The molecule has 21 heavy (non-hydrogen) atoms. The third-order valence-electron chi connectivity index (χ3n) is 2.83. The molecule has 0 heterocycles. The molecule has 0 bridgehead atoms. The first-order valence-electron chi connectivity index (χ1n) is 6.02. The van der Waals surface area contributed by atoms with Crippen LogP contribution in [0.5, 0.6) is 11.5 Å². The zero-order valence-electron chi connectivity index (χ0n) is 11.1.